The first-order chi connectivity index (χ1) is 10.9. The van der Waals surface area contributed by atoms with Crippen LogP contribution in [0.3, 0.4) is 0 Å². The molecule has 0 spiro atoms. The average Bonchev–Trinajstić information content (AvgIpc) is 2.51. The Bertz CT molecular complexity index is 894. The summed E-state index contributed by atoms with van der Waals surface area (Å²) in [6.07, 6.45) is 4.51. The van der Waals surface area contributed by atoms with Gasteiger partial charge in [-0.3, -0.25) is 9.79 Å². The summed E-state index contributed by atoms with van der Waals surface area (Å²) in [5.74, 6) is -1.06. The Balaban J connectivity index is 2.45. The van der Waals surface area contributed by atoms with Crippen LogP contribution >= 0.6 is 11.6 Å². The van der Waals surface area contributed by atoms with Crippen LogP contribution in [0.4, 0.5) is 0 Å². The molecule has 2 aromatic rings. The monoisotopic (exact) mass is 330 g/mol. The van der Waals surface area contributed by atoms with Gasteiger partial charge < -0.3 is 9.67 Å². The SMILES string of the molecule is C=N/C(=C\C(=C/C)C(=O)O)Cn1cc2cc(Cl)ccc2cc1=O. The van der Waals surface area contributed by atoms with Gasteiger partial charge in [0.2, 0.25) is 0 Å². The lowest BCUT2D eigenvalue weighted by molar-refractivity contribution is -0.132. The van der Waals surface area contributed by atoms with Crippen molar-refractivity contribution in [2.24, 2.45) is 4.99 Å². The number of halogens is 1. The first-order valence-corrected chi connectivity index (χ1v) is 7.19. The molecule has 0 aliphatic heterocycles. The van der Waals surface area contributed by atoms with Crippen LogP contribution in [0.1, 0.15) is 6.92 Å². The minimum Gasteiger partial charge on any atom is -0.478 e. The largest absolute Gasteiger partial charge is 0.478 e. The van der Waals surface area contributed by atoms with Crippen LogP contribution in [0.2, 0.25) is 5.02 Å². The van der Waals surface area contributed by atoms with E-state index in [0.717, 1.165) is 10.8 Å². The van der Waals surface area contributed by atoms with E-state index in [4.69, 9.17) is 16.7 Å². The molecule has 0 saturated heterocycles. The van der Waals surface area contributed by atoms with Gasteiger partial charge >= 0.3 is 5.97 Å². The summed E-state index contributed by atoms with van der Waals surface area (Å²) in [5.41, 5.74) is 0.250. The van der Waals surface area contributed by atoms with Gasteiger partial charge in [-0.2, -0.15) is 0 Å². The van der Waals surface area contributed by atoms with Gasteiger partial charge in [-0.1, -0.05) is 23.7 Å². The zero-order chi connectivity index (χ0) is 17.0. The first kappa shape index (κ1) is 16.7. The smallest absolute Gasteiger partial charge is 0.335 e. The first-order valence-electron chi connectivity index (χ1n) is 6.81. The van der Waals surface area contributed by atoms with E-state index in [1.807, 2.05) is 0 Å². The lowest BCUT2D eigenvalue weighted by atomic mass is 10.1. The molecule has 0 atom stereocenters. The second kappa shape index (κ2) is 7.07. The molecule has 118 valence electrons. The summed E-state index contributed by atoms with van der Waals surface area (Å²) in [5, 5.41) is 11.2. The van der Waals surface area contributed by atoms with Crippen molar-refractivity contribution in [2.45, 2.75) is 13.5 Å². The molecule has 1 aromatic carbocycles. The van der Waals surface area contributed by atoms with Crippen LogP contribution in [0.25, 0.3) is 10.8 Å². The lowest BCUT2D eigenvalue weighted by Crippen LogP contribution is -2.19. The maximum atomic E-state index is 12.2. The van der Waals surface area contributed by atoms with E-state index in [-0.39, 0.29) is 17.7 Å². The summed E-state index contributed by atoms with van der Waals surface area (Å²) >= 11 is 5.97. The minimum absolute atomic E-state index is 0.0873. The molecule has 0 amide bonds. The Morgan fingerprint density at radius 1 is 1.39 bits per heavy atom. The molecule has 23 heavy (non-hydrogen) atoms. The number of hydrogen-bond acceptors (Lipinski definition) is 3. The number of aliphatic carboxylic acids is 1. The van der Waals surface area contributed by atoms with Crippen molar-refractivity contribution in [3.05, 3.63) is 69.3 Å². The van der Waals surface area contributed by atoms with Gasteiger partial charge in [-0.05, 0) is 42.6 Å². The second-order valence-corrected chi connectivity index (χ2v) is 5.29. The highest BCUT2D eigenvalue weighted by molar-refractivity contribution is 6.31. The third kappa shape index (κ3) is 3.96. The van der Waals surface area contributed by atoms with Crippen molar-refractivity contribution in [2.75, 3.05) is 0 Å². The number of fused-ring (bicyclic) bond motifs is 1. The normalized spacial score (nSPS) is 12.4. The Morgan fingerprint density at radius 2 is 2.13 bits per heavy atom. The van der Waals surface area contributed by atoms with Crippen LogP contribution in [-0.4, -0.2) is 22.4 Å². The zero-order valence-corrected chi connectivity index (χ0v) is 13.2. The molecule has 0 bridgehead atoms. The number of carboxylic acids is 1. The highest BCUT2D eigenvalue weighted by Crippen LogP contribution is 2.18. The van der Waals surface area contributed by atoms with E-state index in [9.17, 15) is 9.59 Å². The summed E-state index contributed by atoms with van der Waals surface area (Å²) in [6.45, 7) is 5.17. The summed E-state index contributed by atoms with van der Waals surface area (Å²) < 4.78 is 1.44. The molecule has 0 aliphatic carbocycles. The van der Waals surface area contributed by atoms with Crippen LogP contribution in [0.5, 0.6) is 0 Å². The van der Waals surface area contributed by atoms with Crippen molar-refractivity contribution in [3.8, 4) is 0 Å². The predicted molar refractivity (Wildman–Crippen MR) is 92.2 cm³/mol. The fraction of sp³-hybridized carbons (Fsp3) is 0.118. The van der Waals surface area contributed by atoms with E-state index in [0.29, 0.717) is 10.7 Å². The van der Waals surface area contributed by atoms with Crippen LogP contribution < -0.4 is 5.56 Å². The Morgan fingerprint density at radius 3 is 2.74 bits per heavy atom. The molecule has 0 unspecified atom stereocenters. The zero-order valence-electron chi connectivity index (χ0n) is 12.5. The lowest BCUT2D eigenvalue weighted by Gasteiger charge is -2.08. The van der Waals surface area contributed by atoms with Crippen molar-refractivity contribution < 1.29 is 9.90 Å². The molecule has 0 fully saturated rings. The highest BCUT2D eigenvalue weighted by Gasteiger charge is 2.07. The Labute approximate surface area is 137 Å². The van der Waals surface area contributed by atoms with Gasteiger partial charge in [0, 0.05) is 17.3 Å². The van der Waals surface area contributed by atoms with Crippen molar-refractivity contribution >= 4 is 35.1 Å². The van der Waals surface area contributed by atoms with E-state index in [1.54, 1.807) is 31.3 Å². The van der Waals surface area contributed by atoms with Crippen molar-refractivity contribution in [1.82, 2.24) is 4.57 Å². The molecule has 0 radical (unpaired) electrons. The van der Waals surface area contributed by atoms with E-state index < -0.39 is 5.97 Å². The van der Waals surface area contributed by atoms with Crippen molar-refractivity contribution in [1.29, 1.82) is 0 Å². The number of nitrogens with zero attached hydrogens (tertiary/aromatic N) is 2. The molecule has 5 nitrogen and oxygen atoms in total. The molecule has 0 aliphatic rings. The second-order valence-electron chi connectivity index (χ2n) is 4.86. The number of rotatable bonds is 5. The fourth-order valence-corrected chi connectivity index (χ4v) is 2.30. The minimum atomic E-state index is -1.06. The number of carboxylic acid groups (broad SMARTS) is 1. The average molecular weight is 331 g/mol. The molecule has 6 heteroatoms. The highest BCUT2D eigenvalue weighted by atomic mass is 35.5. The standard InChI is InChI=1S/C17H15ClN2O3/c1-3-11(17(22)23)7-15(19-2)10-20-9-13-6-14(18)5-4-12(13)8-16(20)21/h3-9H,2,10H2,1H3,(H,22,23)/b11-3+,15-7-. The number of hydrogen-bond donors (Lipinski definition) is 1. The van der Waals surface area contributed by atoms with Gasteiger partial charge in [0.15, 0.2) is 0 Å². The number of aromatic nitrogens is 1. The van der Waals surface area contributed by atoms with Gasteiger partial charge in [0.05, 0.1) is 17.8 Å². The summed E-state index contributed by atoms with van der Waals surface area (Å²) in [6, 6.07) is 6.75. The van der Waals surface area contributed by atoms with Gasteiger partial charge in [0.1, 0.15) is 0 Å². The Kier molecular flexibility index (Phi) is 5.13. The molecule has 1 N–H and O–H groups in total. The summed E-state index contributed by atoms with van der Waals surface area (Å²) in [4.78, 5) is 27.0. The number of carbonyl (C=O) groups is 1. The third-order valence-electron chi connectivity index (χ3n) is 3.32. The topological polar surface area (TPSA) is 71.7 Å². The summed E-state index contributed by atoms with van der Waals surface area (Å²) in [7, 11) is 0. The molecular formula is C17H15ClN2O3. The quantitative estimate of drug-likeness (QED) is 0.519. The predicted octanol–water partition coefficient (Wildman–Crippen LogP) is 3.27. The number of pyridine rings is 1. The molecule has 1 heterocycles. The number of allylic oxidation sites excluding steroid dienone is 2. The molecule has 1 aromatic heterocycles. The maximum Gasteiger partial charge on any atom is 0.335 e. The number of benzene rings is 1. The van der Waals surface area contributed by atoms with Gasteiger partial charge in [0.25, 0.3) is 5.56 Å². The molecular weight excluding hydrogens is 316 g/mol. The van der Waals surface area contributed by atoms with Crippen LogP contribution in [-0.2, 0) is 11.3 Å². The fourth-order valence-electron chi connectivity index (χ4n) is 2.12. The molecule has 0 saturated carbocycles. The Hall–Kier alpha value is -2.66. The number of aliphatic imine (C=N–C) groups is 1. The van der Waals surface area contributed by atoms with Crippen LogP contribution in [0, 0.1) is 0 Å². The third-order valence-corrected chi connectivity index (χ3v) is 3.56. The van der Waals surface area contributed by atoms with Gasteiger partial charge in [-0.15, -0.1) is 0 Å². The van der Waals surface area contributed by atoms with E-state index in [2.05, 4.69) is 11.7 Å². The maximum absolute atomic E-state index is 12.2. The van der Waals surface area contributed by atoms with E-state index in [1.165, 1.54) is 22.8 Å². The van der Waals surface area contributed by atoms with E-state index >= 15 is 0 Å². The molecule has 2 rings (SSSR count). The van der Waals surface area contributed by atoms with Crippen molar-refractivity contribution in [3.63, 3.8) is 0 Å². The van der Waals surface area contributed by atoms with Crippen LogP contribution in [0.15, 0.2) is 63.7 Å². The van der Waals surface area contributed by atoms with Gasteiger partial charge in [-0.25, -0.2) is 4.79 Å².